The Hall–Kier alpha value is -4.01. The summed E-state index contributed by atoms with van der Waals surface area (Å²) in [7, 11) is 0. The van der Waals surface area contributed by atoms with Gasteiger partial charge in [-0.05, 0) is 31.0 Å². The number of hydrogen-bond acceptors (Lipinski definition) is 7. The van der Waals surface area contributed by atoms with Crippen molar-refractivity contribution in [2.45, 2.75) is 26.4 Å². The van der Waals surface area contributed by atoms with E-state index in [9.17, 15) is 9.59 Å². The van der Waals surface area contributed by atoms with Crippen molar-refractivity contribution in [3.8, 4) is 0 Å². The third-order valence-corrected chi connectivity index (χ3v) is 5.23. The van der Waals surface area contributed by atoms with Gasteiger partial charge in [0.2, 0.25) is 11.9 Å². The minimum absolute atomic E-state index is 0.0186. The number of anilines is 1. The Balaban J connectivity index is 1.66. The highest BCUT2D eigenvalue weighted by atomic mass is 16.5. The molecule has 0 radical (unpaired) electrons. The molecule has 32 heavy (non-hydrogen) atoms. The molecule has 0 saturated heterocycles. The second-order valence-corrected chi connectivity index (χ2v) is 7.26. The van der Waals surface area contributed by atoms with Crippen molar-refractivity contribution in [1.29, 1.82) is 0 Å². The molecule has 1 atom stereocenters. The highest BCUT2D eigenvalue weighted by molar-refractivity contribution is 5.93. The van der Waals surface area contributed by atoms with Gasteiger partial charge in [0.1, 0.15) is 18.9 Å². The fourth-order valence-electron chi connectivity index (χ4n) is 3.74. The van der Waals surface area contributed by atoms with E-state index in [4.69, 9.17) is 4.74 Å². The van der Waals surface area contributed by atoms with Gasteiger partial charge >= 0.3 is 5.97 Å². The Morgan fingerprint density at radius 1 is 1.16 bits per heavy atom. The first-order valence-corrected chi connectivity index (χ1v) is 10.4. The SMILES string of the molecule is CCOC(=O)C1=C(C)N(CC(=O)NCc2cccnc2)c2ncnn2[C@@H]1c1ccccc1. The zero-order valence-corrected chi connectivity index (χ0v) is 17.9. The lowest BCUT2D eigenvalue weighted by Gasteiger charge is -2.35. The fourth-order valence-corrected chi connectivity index (χ4v) is 3.74. The monoisotopic (exact) mass is 432 g/mol. The highest BCUT2D eigenvalue weighted by Crippen LogP contribution is 2.38. The summed E-state index contributed by atoms with van der Waals surface area (Å²) in [5.74, 6) is -0.175. The second kappa shape index (κ2) is 9.42. The van der Waals surface area contributed by atoms with Gasteiger partial charge in [-0.2, -0.15) is 10.1 Å². The van der Waals surface area contributed by atoms with E-state index in [1.807, 2.05) is 42.5 Å². The van der Waals surface area contributed by atoms with Gasteiger partial charge in [0.15, 0.2) is 0 Å². The molecule has 1 N–H and O–H groups in total. The number of aromatic nitrogens is 4. The summed E-state index contributed by atoms with van der Waals surface area (Å²) in [5, 5.41) is 7.26. The molecule has 164 valence electrons. The van der Waals surface area contributed by atoms with Crippen molar-refractivity contribution in [3.63, 3.8) is 0 Å². The Labute approximate surface area is 185 Å². The number of pyridine rings is 1. The highest BCUT2D eigenvalue weighted by Gasteiger charge is 2.38. The molecular formula is C23H24N6O3. The van der Waals surface area contributed by atoms with E-state index in [2.05, 4.69) is 20.4 Å². The Morgan fingerprint density at radius 3 is 2.69 bits per heavy atom. The molecular weight excluding hydrogens is 408 g/mol. The number of allylic oxidation sites excluding steroid dienone is 1. The molecule has 3 aromatic rings. The van der Waals surface area contributed by atoms with Gasteiger partial charge in [-0.1, -0.05) is 36.4 Å². The van der Waals surface area contributed by atoms with Gasteiger partial charge in [-0.3, -0.25) is 9.78 Å². The number of carbonyl (C=O) groups is 2. The number of benzene rings is 1. The molecule has 0 unspecified atom stereocenters. The maximum Gasteiger partial charge on any atom is 0.338 e. The van der Waals surface area contributed by atoms with Crippen LogP contribution in [0.15, 0.2) is 72.5 Å². The van der Waals surface area contributed by atoms with E-state index >= 15 is 0 Å². The number of fused-ring (bicyclic) bond motifs is 1. The minimum Gasteiger partial charge on any atom is -0.463 e. The van der Waals surface area contributed by atoms with E-state index < -0.39 is 12.0 Å². The van der Waals surface area contributed by atoms with Crippen LogP contribution in [0.4, 0.5) is 5.95 Å². The number of nitrogens with zero attached hydrogens (tertiary/aromatic N) is 5. The molecule has 0 bridgehead atoms. The second-order valence-electron chi connectivity index (χ2n) is 7.26. The fraction of sp³-hybridized carbons (Fsp3) is 0.261. The van der Waals surface area contributed by atoms with Crippen molar-refractivity contribution in [3.05, 3.63) is 83.6 Å². The van der Waals surface area contributed by atoms with Crippen LogP contribution in [0.1, 0.15) is 31.0 Å². The summed E-state index contributed by atoms with van der Waals surface area (Å²) in [6.07, 6.45) is 4.81. The summed E-state index contributed by atoms with van der Waals surface area (Å²) in [4.78, 5) is 35.9. The predicted molar refractivity (Wildman–Crippen MR) is 117 cm³/mol. The van der Waals surface area contributed by atoms with Crippen molar-refractivity contribution in [2.75, 3.05) is 18.1 Å². The lowest BCUT2D eigenvalue weighted by Crippen LogP contribution is -2.42. The maximum absolute atomic E-state index is 13.0. The zero-order chi connectivity index (χ0) is 22.5. The van der Waals surface area contributed by atoms with E-state index in [0.29, 0.717) is 23.8 Å². The molecule has 0 aliphatic carbocycles. The summed E-state index contributed by atoms with van der Waals surface area (Å²) < 4.78 is 7.02. The van der Waals surface area contributed by atoms with Crippen molar-refractivity contribution >= 4 is 17.8 Å². The summed E-state index contributed by atoms with van der Waals surface area (Å²) in [6.45, 7) is 4.14. The van der Waals surface area contributed by atoms with Crippen LogP contribution in [-0.2, 0) is 20.9 Å². The van der Waals surface area contributed by atoms with Crippen LogP contribution >= 0.6 is 0 Å². The summed E-state index contributed by atoms with van der Waals surface area (Å²) in [6, 6.07) is 12.8. The van der Waals surface area contributed by atoms with Crippen molar-refractivity contribution in [2.24, 2.45) is 0 Å². The number of ether oxygens (including phenoxy) is 1. The minimum atomic E-state index is -0.498. The van der Waals surface area contributed by atoms with Crippen molar-refractivity contribution < 1.29 is 14.3 Å². The van der Waals surface area contributed by atoms with Crippen LogP contribution in [0.2, 0.25) is 0 Å². The Kier molecular flexibility index (Phi) is 6.25. The van der Waals surface area contributed by atoms with Crippen molar-refractivity contribution in [1.82, 2.24) is 25.1 Å². The van der Waals surface area contributed by atoms with E-state index in [1.165, 1.54) is 6.33 Å². The Bertz CT molecular complexity index is 1130. The first-order valence-electron chi connectivity index (χ1n) is 10.4. The third-order valence-electron chi connectivity index (χ3n) is 5.23. The molecule has 1 aliphatic rings. The summed E-state index contributed by atoms with van der Waals surface area (Å²) >= 11 is 0. The average molecular weight is 432 g/mol. The molecule has 1 amide bonds. The molecule has 9 nitrogen and oxygen atoms in total. The number of amides is 1. The van der Waals surface area contributed by atoms with Crippen LogP contribution in [0.3, 0.4) is 0 Å². The summed E-state index contributed by atoms with van der Waals surface area (Å²) in [5.41, 5.74) is 2.80. The topological polar surface area (TPSA) is 102 Å². The van der Waals surface area contributed by atoms with Crippen LogP contribution in [0.25, 0.3) is 0 Å². The smallest absolute Gasteiger partial charge is 0.338 e. The van der Waals surface area contributed by atoms with Gasteiger partial charge in [0.25, 0.3) is 0 Å². The molecule has 9 heteroatoms. The lowest BCUT2D eigenvalue weighted by atomic mass is 9.95. The first-order chi connectivity index (χ1) is 15.6. The molecule has 3 heterocycles. The van der Waals surface area contributed by atoms with Crippen LogP contribution in [0.5, 0.6) is 0 Å². The predicted octanol–water partition coefficient (Wildman–Crippen LogP) is 2.24. The standard InChI is InChI=1S/C23H24N6O3/c1-3-32-22(31)20-16(2)28(14-19(30)25-13-17-8-7-11-24-12-17)23-26-15-27-29(23)21(20)18-9-5-4-6-10-18/h4-12,15,21H,3,13-14H2,1-2H3,(H,25,30)/t21-/m1/s1. The van der Waals surface area contributed by atoms with E-state index in [0.717, 1.165) is 11.1 Å². The van der Waals surface area contributed by atoms with Crippen LogP contribution in [-0.4, -0.2) is 44.8 Å². The molecule has 1 aliphatic heterocycles. The van der Waals surface area contributed by atoms with Gasteiger partial charge in [0.05, 0.1) is 12.2 Å². The normalized spacial score (nSPS) is 15.3. The lowest BCUT2D eigenvalue weighted by molar-refractivity contribution is -0.139. The van der Waals surface area contributed by atoms with Crippen LogP contribution < -0.4 is 10.2 Å². The van der Waals surface area contributed by atoms with Gasteiger partial charge < -0.3 is 15.0 Å². The molecule has 0 spiro atoms. The largest absolute Gasteiger partial charge is 0.463 e. The number of carbonyl (C=O) groups excluding carboxylic acids is 2. The Morgan fingerprint density at radius 2 is 1.97 bits per heavy atom. The van der Waals surface area contributed by atoms with Gasteiger partial charge in [0, 0.05) is 24.6 Å². The first kappa shape index (κ1) is 21.2. The third kappa shape index (κ3) is 4.22. The van der Waals surface area contributed by atoms with Gasteiger partial charge in [-0.25, -0.2) is 9.48 Å². The van der Waals surface area contributed by atoms with E-state index in [-0.39, 0.29) is 19.1 Å². The molecule has 0 fully saturated rings. The maximum atomic E-state index is 13.0. The number of hydrogen-bond donors (Lipinski definition) is 1. The van der Waals surface area contributed by atoms with Gasteiger partial charge in [-0.15, -0.1) is 0 Å². The number of nitrogens with one attached hydrogen (secondary N) is 1. The molecule has 4 rings (SSSR count). The zero-order valence-electron chi connectivity index (χ0n) is 17.9. The molecule has 1 aromatic carbocycles. The molecule has 0 saturated carbocycles. The number of esters is 1. The quantitative estimate of drug-likeness (QED) is 0.571. The average Bonchev–Trinajstić information content (AvgIpc) is 3.30. The van der Waals surface area contributed by atoms with E-state index in [1.54, 1.807) is 35.8 Å². The molecule has 2 aromatic heterocycles. The van der Waals surface area contributed by atoms with Crippen LogP contribution in [0, 0.1) is 0 Å². The number of rotatable bonds is 7.